The van der Waals surface area contributed by atoms with Crippen molar-refractivity contribution in [3.63, 3.8) is 0 Å². The Morgan fingerprint density at radius 1 is 1.09 bits per heavy atom. The van der Waals surface area contributed by atoms with E-state index in [9.17, 15) is 5.26 Å². The van der Waals surface area contributed by atoms with Crippen LogP contribution in [0.5, 0.6) is 0 Å². The summed E-state index contributed by atoms with van der Waals surface area (Å²) in [7, 11) is 1.91. The molecule has 3 rings (SSSR count). The number of pyridine rings is 1. The summed E-state index contributed by atoms with van der Waals surface area (Å²) in [5, 5.41) is 18.3. The zero-order valence-electron chi connectivity index (χ0n) is 12.5. The number of benzene rings is 1. The van der Waals surface area contributed by atoms with Gasteiger partial charge in [0.05, 0.1) is 17.3 Å². The van der Waals surface area contributed by atoms with Crippen molar-refractivity contribution < 1.29 is 0 Å². The number of hydrogen-bond acceptors (Lipinski definition) is 4. The van der Waals surface area contributed by atoms with E-state index in [-0.39, 0.29) is 5.82 Å². The van der Waals surface area contributed by atoms with E-state index >= 15 is 0 Å². The van der Waals surface area contributed by atoms with E-state index in [0.29, 0.717) is 16.8 Å². The first kappa shape index (κ1) is 14.4. The minimum Gasteiger partial charge on any atom is -0.383 e. The van der Waals surface area contributed by atoms with Crippen LogP contribution in [0.2, 0.25) is 0 Å². The molecule has 0 aliphatic carbocycles. The van der Waals surface area contributed by atoms with Crippen LogP contribution in [0.25, 0.3) is 22.5 Å². The molecule has 0 radical (unpaired) electrons. The molecule has 110 valence electrons. The van der Waals surface area contributed by atoms with Gasteiger partial charge in [0.15, 0.2) is 0 Å². The molecule has 2 N–H and O–H groups in total. The highest BCUT2D eigenvalue weighted by Gasteiger charge is 2.15. The predicted molar refractivity (Wildman–Crippen MR) is 87.9 cm³/mol. The van der Waals surface area contributed by atoms with Crippen molar-refractivity contribution in [3.05, 3.63) is 59.8 Å². The smallest absolute Gasteiger partial charge is 0.142 e. The molecule has 1 aromatic carbocycles. The van der Waals surface area contributed by atoms with Crippen molar-refractivity contribution >= 4 is 5.82 Å². The van der Waals surface area contributed by atoms with Crippen molar-refractivity contribution in [2.75, 3.05) is 5.73 Å². The van der Waals surface area contributed by atoms with Crippen molar-refractivity contribution in [2.24, 2.45) is 7.05 Å². The average Bonchev–Trinajstić information content (AvgIpc) is 3.00. The number of anilines is 1. The minimum absolute atomic E-state index is 0.200. The number of aryl methyl sites for hydroxylation is 1. The van der Waals surface area contributed by atoms with Crippen molar-refractivity contribution in [2.45, 2.75) is 0 Å². The third-order valence-electron chi connectivity index (χ3n) is 3.69. The van der Waals surface area contributed by atoms with Gasteiger partial charge in [-0.3, -0.25) is 0 Å². The van der Waals surface area contributed by atoms with Gasteiger partial charge >= 0.3 is 0 Å². The summed E-state index contributed by atoms with van der Waals surface area (Å²) in [6.45, 7) is 0. The number of aromatic nitrogens is 2. The van der Waals surface area contributed by atoms with Crippen LogP contribution in [-0.2, 0) is 7.05 Å². The molecule has 5 heteroatoms. The fourth-order valence-corrected chi connectivity index (χ4v) is 2.49. The summed E-state index contributed by atoms with van der Waals surface area (Å²) in [4.78, 5) is 4.33. The monoisotopic (exact) mass is 299 g/mol. The van der Waals surface area contributed by atoms with E-state index in [4.69, 9.17) is 11.0 Å². The van der Waals surface area contributed by atoms with Gasteiger partial charge in [-0.15, -0.1) is 0 Å². The van der Waals surface area contributed by atoms with Crippen LogP contribution in [0.1, 0.15) is 11.1 Å². The molecule has 0 bridgehead atoms. The standard InChI is InChI=1S/C18H13N5/c1-23-8-2-3-17(23)14-9-16(22-18(21)15(14)11-20)13-6-4-12(10-19)5-7-13/h2-9H,1H3,(H2,21,22). The Labute approximate surface area is 133 Å². The Balaban J connectivity index is 2.21. The molecule has 0 fully saturated rings. The molecule has 5 nitrogen and oxygen atoms in total. The molecule has 2 aromatic heterocycles. The van der Waals surface area contributed by atoms with Gasteiger partial charge in [-0.05, 0) is 30.3 Å². The lowest BCUT2D eigenvalue weighted by molar-refractivity contribution is 0.936. The Kier molecular flexibility index (Phi) is 3.54. The molecule has 3 aromatic rings. The van der Waals surface area contributed by atoms with Crippen LogP contribution >= 0.6 is 0 Å². The highest BCUT2D eigenvalue weighted by atomic mass is 14.9. The van der Waals surface area contributed by atoms with Gasteiger partial charge in [0.2, 0.25) is 0 Å². The van der Waals surface area contributed by atoms with Crippen LogP contribution < -0.4 is 5.73 Å². The van der Waals surface area contributed by atoms with Crippen molar-refractivity contribution in [3.8, 4) is 34.7 Å². The first-order chi connectivity index (χ1) is 11.1. The van der Waals surface area contributed by atoms with E-state index in [1.54, 1.807) is 12.1 Å². The number of nitriles is 2. The Hall–Kier alpha value is -3.57. The van der Waals surface area contributed by atoms with Crippen LogP contribution in [0, 0.1) is 22.7 Å². The zero-order valence-corrected chi connectivity index (χ0v) is 12.5. The molecule has 0 spiro atoms. The number of rotatable bonds is 2. The predicted octanol–water partition coefficient (Wildman–Crippen LogP) is 3.08. The quantitative estimate of drug-likeness (QED) is 0.787. The lowest BCUT2D eigenvalue weighted by Gasteiger charge is -2.11. The van der Waals surface area contributed by atoms with E-state index < -0.39 is 0 Å². The van der Waals surface area contributed by atoms with Gasteiger partial charge < -0.3 is 10.3 Å². The Morgan fingerprint density at radius 3 is 2.39 bits per heavy atom. The summed E-state index contributed by atoms with van der Waals surface area (Å²) in [5.41, 5.74) is 10.1. The van der Waals surface area contributed by atoms with Gasteiger partial charge in [0.1, 0.15) is 17.5 Å². The van der Waals surface area contributed by atoms with Gasteiger partial charge in [-0.25, -0.2) is 4.98 Å². The zero-order chi connectivity index (χ0) is 16.4. The normalized spacial score (nSPS) is 10.0. The van der Waals surface area contributed by atoms with E-state index in [2.05, 4.69) is 17.1 Å². The topological polar surface area (TPSA) is 91.4 Å². The van der Waals surface area contributed by atoms with Gasteiger partial charge in [-0.1, -0.05) is 12.1 Å². The number of nitrogen functional groups attached to an aromatic ring is 1. The van der Waals surface area contributed by atoms with Crippen LogP contribution in [0.15, 0.2) is 48.7 Å². The van der Waals surface area contributed by atoms with E-state index in [0.717, 1.165) is 16.8 Å². The van der Waals surface area contributed by atoms with Gasteiger partial charge in [0.25, 0.3) is 0 Å². The third-order valence-corrected chi connectivity index (χ3v) is 3.69. The first-order valence-corrected chi connectivity index (χ1v) is 6.97. The molecule has 0 saturated carbocycles. The lowest BCUT2D eigenvalue weighted by atomic mass is 10.0. The van der Waals surface area contributed by atoms with Crippen molar-refractivity contribution in [1.29, 1.82) is 10.5 Å². The fourth-order valence-electron chi connectivity index (χ4n) is 2.49. The third kappa shape index (κ3) is 2.52. The van der Waals surface area contributed by atoms with Gasteiger partial charge in [0, 0.05) is 30.1 Å². The Morgan fingerprint density at radius 2 is 1.83 bits per heavy atom. The second kappa shape index (κ2) is 5.67. The number of nitrogens with zero attached hydrogens (tertiary/aromatic N) is 4. The number of nitrogens with two attached hydrogens (primary N) is 1. The highest BCUT2D eigenvalue weighted by Crippen LogP contribution is 2.31. The van der Waals surface area contributed by atoms with E-state index in [1.807, 2.05) is 48.1 Å². The molecule has 0 unspecified atom stereocenters. The summed E-state index contributed by atoms with van der Waals surface area (Å²) in [6, 6.07) is 17.0. The number of hydrogen-bond donors (Lipinski definition) is 1. The minimum atomic E-state index is 0.200. The summed E-state index contributed by atoms with van der Waals surface area (Å²) < 4.78 is 1.93. The molecule has 0 saturated heterocycles. The van der Waals surface area contributed by atoms with Crippen LogP contribution in [0.3, 0.4) is 0 Å². The SMILES string of the molecule is Cn1cccc1-c1cc(-c2ccc(C#N)cc2)nc(N)c1C#N. The van der Waals surface area contributed by atoms with E-state index in [1.165, 1.54) is 0 Å². The summed E-state index contributed by atoms with van der Waals surface area (Å²) in [5.74, 6) is 0.200. The van der Waals surface area contributed by atoms with Crippen molar-refractivity contribution in [1.82, 2.24) is 9.55 Å². The Bertz CT molecular complexity index is 953. The summed E-state index contributed by atoms with van der Waals surface area (Å²) >= 11 is 0. The van der Waals surface area contributed by atoms with Crippen LogP contribution in [-0.4, -0.2) is 9.55 Å². The molecule has 0 aliphatic rings. The molecule has 0 aliphatic heterocycles. The van der Waals surface area contributed by atoms with Crippen LogP contribution in [0.4, 0.5) is 5.82 Å². The molecular weight excluding hydrogens is 286 g/mol. The second-order valence-electron chi connectivity index (χ2n) is 5.12. The molecule has 0 atom stereocenters. The highest BCUT2D eigenvalue weighted by molar-refractivity contribution is 5.79. The first-order valence-electron chi connectivity index (χ1n) is 6.97. The maximum atomic E-state index is 9.40. The molecule has 2 heterocycles. The second-order valence-corrected chi connectivity index (χ2v) is 5.12. The maximum absolute atomic E-state index is 9.40. The lowest BCUT2D eigenvalue weighted by Crippen LogP contribution is -2.01. The summed E-state index contributed by atoms with van der Waals surface area (Å²) in [6.07, 6.45) is 1.91. The average molecular weight is 299 g/mol. The fraction of sp³-hybridized carbons (Fsp3) is 0.0556. The largest absolute Gasteiger partial charge is 0.383 e. The molecule has 0 amide bonds. The molecule has 23 heavy (non-hydrogen) atoms. The van der Waals surface area contributed by atoms with Gasteiger partial charge in [-0.2, -0.15) is 10.5 Å². The molecular formula is C18H13N5. The maximum Gasteiger partial charge on any atom is 0.142 e.